The second-order valence-corrected chi connectivity index (χ2v) is 5.51. The molecular weight excluding hydrogens is 284 g/mol. The molecule has 122 valence electrons. The molecule has 0 unspecified atom stereocenters. The molecule has 0 aliphatic carbocycles. The van der Waals surface area contributed by atoms with Crippen molar-refractivity contribution in [3.63, 3.8) is 0 Å². The van der Waals surface area contributed by atoms with E-state index in [0.717, 1.165) is 45.1 Å². The number of benzene rings is 1. The minimum atomic E-state index is 0.266. The highest BCUT2D eigenvalue weighted by molar-refractivity contribution is 5.60. The highest BCUT2D eigenvalue weighted by atomic mass is 16.5. The topological polar surface area (TPSA) is 52.2 Å². The zero-order chi connectivity index (χ0) is 15.5. The van der Waals surface area contributed by atoms with Crippen molar-refractivity contribution in [3.05, 3.63) is 17.2 Å². The Hall–Kier alpha value is -1.50. The molecule has 0 radical (unpaired) electrons. The van der Waals surface area contributed by atoms with Gasteiger partial charge in [-0.05, 0) is 11.6 Å². The third-order valence-corrected chi connectivity index (χ3v) is 4.43. The standard InChI is InChI=1S/C16H24N2O4/c1-19-13-8-11-9-17-10-12(18-4-6-22-7-5-18)14(11)16(21-3)15(13)20-2/h8,12,17H,4-7,9-10H2,1-3H3/t12-/m0/s1. The van der Waals surface area contributed by atoms with Crippen LogP contribution in [0, 0.1) is 0 Å². The molecule has 0 bridgehead atoms. The van der Waals surface area contributed by atoms with Gasteiger partial charge in [-0.15, -0.1) is 0 Å². The highest BCUT2D eigenvalue weighted by Gasteiger charge is 2.33. The summed E-state index contributed by atoms with van der Waals surface area (Å²) in [5.74, 6) is 2.17. The number of hydrogen-bond donors (Lipinski definition) is 1. The van der Waals surface area contributed by atoms with E-state index in [1.54, 1.807) is 21.3 Å². The molecule has 1 aromatic carbocycles. The highest BCUT2D eigenvalue weighted by Crippen LogP contribution is 2.46. The van der Waals surface area contributed by atoms with Gasteiger partial charge in [0, 0.05) is 31.7 Å². The SMILES string of the molecule is COc1cc2c(c(OC)c1OC)[C@@H](N1CCOCC1)CNC2. The van der Waals surface area contributed by atoms with Gasteiger partial charge in [0.1, 0.15) is 0 Å². The Bertz CT molecular complexity index is 529. The van der Waals surface area contributed by atoms with Crippen LogP contribution in [0.3, 0.4) is 0 Å². The van der Waals surface area contributed by atoms with Gasteiger partial charge < -0.3 is 24.3 Å². The van der Waals surface area contributed by atoms with Gasteiger partial charge >= 0.3 is 0 Å². The summed E-state index contributed by atoms with van der Waals surface area (Å²) in [5.41, 5.74) is 2.41. The molecule has 0 saturated carbocycles. The molecule has 0 aromatic heterocycles. The van der Waals surface area contributed by atoms with Crippen LogP contribution in [0.15, 0.2) is 6.07 Å². The number of nitrogens with one attached hydrogen (secondary N) is 1. The molecule has 3 rings (SSSR count). The average molecular weight is 308 g/mol. The summed E-state index contributed by atoms with van der Waals surface area (Å²) >= 11 is 0. The van der Waals surface area contributed by atoms with Crippen molar-refractivity contribution in [3.8, 4) is 17.2 Å². The zero-order valence-electron chi connectivity index (χ0n) is 13.5. The monoisotopic (exact) mass is 308 g/mol. The quantitative estimate of drug-likeness (QED) is 0.902. The molecule has 0 amide bonds. The molecule has 2 aliphatic rings. The van der Waals surface area contributed by atoms with Gasteiger partial charge in [0.15, 0.2) is 11.5 Å². The van der Waals surface area contributed by atoms with E-state index in [0.29, 0.717) is 11.5 Å². The van der Waals surface area contributed by atoms with E-state index >= 15 is 0 Å². The Morgan fingerprint density at radius 2 is 1.82 bits per heavy atom. The predicted octanol–water partition coefficient (Wildman–Crippen LogP) is 1.19. The van der Waals surface area contributed by atoms with Crippen molar-refractivity contribution >= 4 is 0 Å². The number of hydrogen-bond acceptors (Lipinski definition) is 6. The molecule has 1 N–H and O–H groups in total. The van der Waals surface area contributed by atoms with Crippen LogP contribution in [0.1, 0.15) is 17.2 Å². The first-order chi connectivity index (χ1) is 10.8. The molecule has 22 heavy (non-hydrogen) atoms. The van der Waals surface area contributed by atoms with Crippen LogP contribution < -0.4 is 19.5 Å². The summed E-state index contributed by atoms with van der Waals surface area (Å²) in [7, 11) is 4.99. The van der Waals surface area contributed by atoms with E-state index < -0.39 is 0 Å². The second kappa shape index (κ2) is 6.73. The van der Waals surface area contributed by atoms with E-state index in [1.165, 1.54) is 11.1 Å². The van der Waals surface area contributed by atoms with Crippen molar-refractivity contribution in [1.82, 2.24) is 10.2 Å². The van der Waals surface area contributed by atoms with E-state index in [1.807, 2.05) is 0 Å². The molecule has 6 nitrogen and oxygen atoms in total. The number of morpholine rings is 1. The van der Waals surface area contributed by atoms with Crippen LogP contribution in [0.25, 0.3) is 0 Å². The maximum Gasteiger partial charge on any atom is 0.203 e. The van der Waals surface area contributed by atoms with Crippen LogP contribution >= 0.6 is 0 Å². The maximum atomic E-state index is 5.71. The Balaban J connectivity index is 2.07. The molecular formula is C16H24N2O4. The molecule has 1 fully saturated rings. The lowest BCUT2D eigenvalue weighted by Gasteiger charge is -2.39. The molecule has 2 heterocycles. The fourth-order valence-electron chi connectivity index (χ4n) is 3.39. The number of rotatable bonds is 4. The van der Waals surface area contributed by atoms with Gasteiger partial charge in [0.05, 0.1) is 40.6 Å². The third-order valence-electron chi connectivity index (χ3n) is 4.43. The van der Waals surface area contributed by atoms with Crippen molar-refractivity contribution in [2.24, 2.45) is 0 Å². The van der Waals surface area contributed by atoms with E-state index in [2.05, 4.69) is 16.3 Å². The summed E-state index contributed by atoms with van der Waals surface area (Å²) < 4.78 is 22.2. The molecule has 1 saturated heterocycles. The summed E-state index contributed by atoms with van der Waals surface area (Å²) in [6.45, 7) is 5.14. The van der Waals surface area contributed by atoms with Gasteiger partial charge in [-0.1, -0.05) is 0 Å². The lowest BCUT2D eigenvalue weighted by atomic mass is 9.93. The third kappa shape index (κ3) is 2.62. The zero-order valence-corrected chi connectivity index (χ0v) is 13.5. The molecule has 6 heteroatoms. The van der Waals surface area contributed by atoms with Gasteiger partial charge in [0.2, 0.25) is 5.75 Å². The van der Waals surface area contributed by atoms with Crippen LogP contribution in [-0.4, -0.2) is 59.1 Å². The Labute approximate surface area is 131 Å². The normalized spacial score (nSPS) is 22.0. The number of fused-ring (bicyclic) bond motifs is 1. The summed E-state index contributed by atoms with van der Waals surface area (Å²) in [6, 6.07) is 2.32. The van der Waals surface area contributed by atoms with E-state index in [-0.39, 0.29) is 6.04 Å². The van der Waals surface area contributed by atoms with Crippen LogP contribution in [-0.2, 0) is 11.3 Å². The van der Waals surface area contributed by atoms with Gasteiger partial charge in [-0.25, -0.2) is 0 Å². The predicted molar refractivity (Wildman–Crippen MR) is 82.9 cm³/mol. The maximum absolute atomic E-state index is 5.71. The Morgan fingerprint density at radius 1 is 1.09 bits per heavy atom. The lowest BCUT2D eigenvalue weighted by Crippen LogP contribution is -2.45. The van der Waals surface area contributed by atoms with Gasteiger partial charge in [-0.2, -0.15) is 0 Å². The van der Waals surface area contributed by atoms with E-state index in [4.69, 9.17) is 18.9 Å². The number of nitrogens with zero attached hydrogens (tertiary/aromatic N) is 1. The molecule has 1 atom stereocenters. The van der Waals surface area contributed by atoms with E-state index in [9.17, 15) is 0 Å². The Kier molecular flexibility index (Phi) is 4.71. The second-order valence-electron chi connectivity index (χ2n) is 5.51. The van der Waals surface area contributed by atoms with Crippen LogP contribution in [0.4, 0.5) is 0 Å². The fraction of sp³-hybridized carbons (Fsp3) is 0.625. The van der Waals surface area contributed by atoms with Crippen molar-refractivity contribution in [2.45, 2.75) is 12.6 Å². The summed E-state index contributed by atoms with van der Waals surface area (Å²) in [6.07, 6.45) is 0. The van der Waals surface area contributed by atoms with Gasteiger partial charge in [-0.3, -0.25) is 4.90 Å². The molecule has 1 aromatic rings. The minimum absolute atomic E-state index is 0.266. The fourth-order valence-corrected chi connectivity index (χ4v) is 3.39. The molecule has 2 aliphatic heterocycles. The first-order valence-corrected chi connectivity index (χ1v) is 7.64. The lowest BCUT2D eigenvalue weighted by molar-refractivity contribution is 0.0140. The van der Waals surface area contributed by atoms with Crippen molar-refractivity contribution in [2.75, 3.05) is 54.2 Å². The van der Waals surface area contributed by atoms with Crippen LogP contribution in [0.5, 0.6) is 17.2 Å². The average Bonchev–Trinajstić information content (AvgIpc) is 2.60. The minimum Gasteiger partial charge on any atom is -0.493 e. The Morgan fingerprint density at radius 3 is 2.45 bits per heavy atom. The summed E-state index contributed by atoms with van der Waals surface area (Å²) in [5, 5.41) is 3.49. The van der Waals surface area contributed by atoms with Gasteiger partial charge in [0.25, 0.3) is 0 Å². The smallest absolute Gasteiger partial charge is 0.203 e. The largest absolute Gasteiger partial charge is 0.493 e. The first-order valence-electron chi connectivity index (χ1n) is 7.64. The van der Waals surface area contributed by atoms with Crippen molar-refractivity contribution in [1.29, 1.82) is 0 Å². The molecule has 0 spiro atoms. The van der Waals surface area contributed by atoms with Crippen LogP contribution in [0.2, 0.25) is 0 Å². The summed E-state index contributed by atoms with van der Waals surface area (Å²) in [4.78, 5) is 2.45. The first kappa shape index (κ1) is 15.4. The number of ether oxygens (including phenoxy) is 4. The van der Waals surface area contributed by atoms with Crippen molar-refractivity contribution < 1.29 is 18.9 Å². The number of methoxy groups -OCH3 is 3.